The third-order valence-electron chi connectivity index (χ3n) is 4.37. The molecule has 1 aliphatic rings. The summed E-state index contributed by atoms with van der Waals surface area (Å²) in [7, 11) is 0. The maximum Gasteiger partial charge on any atom is 0.0143 e. The minimum Gasteiger partial charge on any atom is -0.313 e. The Bertz CT molecular complexity index is 520. The van der Waals surface area contributed by atoms with Crippen LogP contribution in [0, 0.1) is 0 Å². The van der Waals surface area contributed by atoms with E-state index >= 15 is 0 Å². The number of hydrogen-bond donors (Lipinski definition) is 1. The molecule has 3 atom stereocenters. The summed E-state index contributed by atoms with van der Waals surface area (Å²) < 4.78 is 0. The van der Waals surface area contributed by atoms with Gasteiger partial charge >= 0.3 is 0 Å². The van der Waals surface area contributed by atoms with Crippen LogP contribution in [0.4, 0.5) is 0 Å². The van der Waals surface area contributed by atoms with Crippen LogP contribution in [-0.4, -0.2) is 12.6 Å². The van der Waals surface area contributed by atoms with Gasteiger partial charge in [-0.3, -0.25) is 0 Å². The summed E-state index contributed by atoms with van der Waals surface area (Å²) >= 11 is 0. The molecule has 0 bridgehead atoms. The fraction of sp³-hybridized carbons (Fsp3) is 0.368. The molecule has 1 saturated carbocycles. The smallest absolute Gasteiger partial charge is 0.0143 e. The van der Waals surface area contributed by atoms with Crippen LogP contribution in [-0.2, 0) is 0 Å². The Kier molecular flexibility index (Phi) is 4.17. The van der Waals surface area contributed by atoms with E-state index in [2.05, 4.69) is 72.9 Å². The molecular formula is C19H23N. The van der Waals surface area contributed by atoms with Crippen LogP contribution < -0.4 is 5.32 Å². The first kappa shape index (κ1) is 13.4. The van der Waals surface area contributed by atoms with E-state index in [-0.39, 0.29) is 0 Å². The van der Waals surface area contributed by atoms with Gasteiger partial charge in [0.1, 0.15) is 0 Å². The predicted molar refractivity (Wildman–Crippen MR) is 85.1 cm³/mol. The standard InChI is InChI=1S/C19H23N/c1-15(16-8-4-2-5-9-16)12-13-20-19-14-18(19)17-10-6-3-7-11-17/h2-11,15,18-20H,12-14H2,1H3. The second kappa shape index (κ2) is 6.23. The average Bonchev–Trinajstić information content (AvgIpc) is 3.28. The van der Waals surface area contributed by atoms with Crippen LogP contribution in [0.15, 0.2) is 60.7 Å². The van der Waals surface area contributed by atoms with Crippen molar-refractivity contribution >= 4 is 0 Å². The minimum atomic E-state index is 0.637. The summed E-state index contributed by atoms with van der Waals surface area (Å²) in [5, 5.41) is 3.71. The predicted octanol–water partition coefficient (Wildman–Crippen LogP) is 4.33. The first-order chi connectivity index (χ1) is 9.84. The van der Waals surface area contributed by atoms with Gasteiger partial charge in [-0.25, -0.2) is 0 Å². The number of nitrogens with one attached hydrogen (secondary N) is 1. The SMILES string of the molecule is CC(CCNC1CC1c1ccccc1)c1ccccc1. The molecule has 0 aliphatic heterocycles. The fourth-order valence-corrected chi connectivity index (χ4v) is 2.92. The van der Waals surface area contributed by atoms with Crippen molar-refractivity contribution in [2.45, 2.75) is 37.6 Å². The molecule has 104 valence electrons. The van der Waals surface area contributed by atoms with Crippen molar-refractivity contribution in [1.82, 2.24) is 5.32 Å². The summed E-state index contributed by atoms with van der Waals surface area (Å²) in [5.41, 5.74) is 2.94. The lowest BCUT2D eigenvalue weighted by Gasteiger charge is -2.12. The van der Waals surface area contributed by atoms with E-state index in [1.54, 1.807) is 0 Å². The maximum absolute atomic E-state index is 3.71. The first-order valence-corrected chi connectivity index (χ1v) is 7.68. The number of benzene rings is 2. The Balaban J connectivity index is 1.42. The van der Waals surface area contributed by atoms with E-state index in [0.29, 0.717) is 12.0 Å². The average molecular weight is 265 g/mol. The van der Waals surface area contributed by atoms with Gasteiger partial charge in [0.05, 0.1) is 0 Å². The summed E-state index contributed by atoms with van der Waals surface area (Å²) in [5.74, 6) is 1.38. The summed E-state index contributed by atoms with van der Waals surface area (Å²) in [6, 6.07) is 22.4. The molecule has 3 unspecified atom stereocenters. The van der Waals surface area contributed by atoms with Crippen molar-refractivity contribution in [3.05, 3.63) is 71.8 Å². The molecule has 0 aromatic heterocycles. The highest BCUT2D eigenvalue weighted by Crippen LogP contribution is 2.40. The lowest BCUT2D eigenvalue weighted by atomic mass is 9.98. The first-order valence-electron chi connectivity index (χ1n) is 7.68. The molecule has 0 saturated heterocycles. The van der Waals surface area contributed by atoms with E-state index in [4.69, 9.17) is 0 Å². The molecule has 1 aliphatic carbocycles. The second-order valence-electron chi connectivity index (χ2n) is 5.91. The Morgan fingerprint density at radius 1 is 1.00 bits per heavy atom. The third-order valence-corrected chi connectivity index (χ3v) is 4.37. The van der Waals surface area contributed by atoms with Crippen molar-refractivity contribution in [1.29, 1.82) is 0 Å². The highest BCUT2D eigenvalue weighted by Gasteiger charge is 2.37. The largest absolute Gasteiger partial charge is 0.313 e. The monoisotopic (exact) mass is 265 g/mol. The molecule has 1 nitrogen and oxygen atoms in total. The molecule has 20 heavy (non-hydrogen) atoms. The Labute approximate surface area is 122 Å². The van der Waals surface area contributed by atoms with Crippen LogP contribution in [0.2, 0.25) is 0 Å². The van der Waals surface area contributed by atoms with Crippen LogP contribution in [0.1, 0.15) is 42.7 Å². The molecule has 0 radical (unpaired) electrons. The number of rotatable bonds is 6. The van der Waals surface area contributed by atoms with Gasteiger partial charge in [0.25, 0.3) is 0 Å². The molecule has 1 N–H and O–H groups in total. The van der Waals surface area contributed by atoms with Gasteiger partial charge in [-0.15, -0.1) is 0 Å². The lowest BCUT2D eigenvalue weighted by molar-refractivity contribution is 0.586. The highest BCUT2D eigenvalue weighted by molar-refractivity contribution is 5.27. The fourth-order valence-electron chi connectivity index (χ4n) is 2.92. The minimum absolute atomic E-state index is 0.637. The van der Waals surface area contributed by atoms with Gasteiger partial charge < -0.3 is 5.32 Å². The van der Waals surface area contributed by atoms with E-state index in [1.807, 2.05) is 0 Å². The maximum atomic E-state index is 3.71. The van der Waals surface area contributed by atoms with Gasteiger partial charge in [0.15, 0.2) is 0 Å². The zero-order valence-electron chi connectivity index (χ0n) is 12.1. The number of hydrogen-bond acceptors (Lipinski definition) is 1. The van der Waals surface area contributed by atoms with Crippen molar-refractivity contribution in [3.8, 4) is 0 Å². The van der Waals surface area contributed by atoms with E-state index in [0.717, 1.165) is 12.5 Å². The Morgan fingerprint density at radius 2 is 1.65 bits per heavy atom. The molecule has 2 aromatic rings. The zero-order chi connectivity index (χ0) is 13.8. The van der Waals surface area contributed by atoms with Gasteiger partial charge in [0, 0.05) is 12.0 Å². The normalized spacial score (nSPS) is 22.4. The topological polar surface area (TPSA) is 12.0 Å². The second-order valence-corrected chi connectivity index (χ2v) is 5.91. The summed E-state index contributed by atoms with van der Waals surface area (Å²) in [6.45, 7) is 3.43. The van der Waals surface area contributed by atoms with Crippen molar-refractivity contribution in [2.24, 2.45) is 0 Å². The zero-order valence-corrected chi connectivity index (χ0v) is 12.1. The molecule has 0 spiro atoms. The van der Waals surface area contributed by atoms with Crippen molar-refractivity contribution < 1.29 is 0 Å². The van der Waals surface area contributed by atoms with Gasteiger partial charge in [-0.05, 0) is 36.4 Å². The van der Waals surface area contributed by atoms with Crippen LogP contribution in [0.25, 0.3) is 0 Å². The van der Waals surface area contributed by atoms with Crippen LogP contribution in [0.5, 0.6) is 0 Å². The molecule has 1 fully saturated rings. The Hall–Kier alpha value is -1.60. The van der Waals surface area contributed by atoms with Gasteiger partial charge in [-0.1, -0.05) is 67.6 Å². The van der Waals surface area contributed by atoms with Gasteiger partial charge in [0.2, 0.25) is 0 Å². The molecule has 1 heteroatoms. The molecule has 0 amide bonds. The van der Waals surface area contributed by atoms with Crippen LogP contribution in [0.3, 0.4) is 0 Å². The third kappa shape index (κ3) is 3.29. The van der Waals surface area contributed by atoms with E-state index < -0.39 is 0 Å². The molecular weight excluding hydrogens is 242 g/mol. The summed E-state index contributed by atoms with van der Waals surface area (Å²) in [4.78, 5) is 0. The molecule has 2 aromatic carbocycles. The molecule has 0 heterocycles. The van der Waals surface area contributed by atoms with Crippen molar-refractivity contribution in [2.75, 3.05) is 6.54 Å². The van der Waals surface area contributed by atoms with E-state index in [1.165, 1.54) is 24.0 Å². The van der Waals surface area contributed by atoms with Crippen molar-refractivity contribution in [3.63, 3.8) is 0 Å². The van der Waals surface area contributed by atoms with E-state index in [9.17, 15) is 0 Å². The quantitative estimate of drug-likeness (QED) is 0.820. The highest BCUT2D eigenvalue weighted by atomic mass is 15.0. The summed E-state index contributed by atoms with van der Waals surface area (Å²) in [6.07, 6.45) is 2.51. The van der Waals surface area contributed by atoms with Gasteiger partial charge in [-0.2, -0.15) is 0 Å². The molecule has 3 rings (SSSR count). The Morgan fingerprint density at radius 3 is 2.35 bits per heavy atom. The lowest BCUT2D eigenvalue weighted by Crippen LogP contribution is -2.20. The van der Waals surface area contributed by atoms with Crippen LogP contribution >= 0.6 is 0 Å².